The third kappa shape index (κ3) is 2.45. The highest BCUT2D eigenvalue weighted by atomic mass is 79.9. The van der Waals surface area contributed by atoms with E-state index in [0.717, 1.165) is 4.47 Å². The Bertz CT molecular complexity index is 505. The van der Waals surface area contributed by atoms with Gasteiger partial charge >= 0.3 is 0 Å². The van der Waals surface area contributed by atoms with Crippen LogP contribution in [0.25, 0.3) is 0 Å². The summed E-state index contributed by atoms with van der Waals surface area (Å²) in [7, 11) is 0. The molecule has 16 heavy (non-hydrogen) atoms. The Hall–Kier alpha value is 0.360. The molecule has 1 heterocycles. The smallest absolute Gasteiger partial charge is 0.0760 e. The molecule has 1 unspecified atom stereocenters. The van der Waals surface area contributed by atoms with Gasteiger partial charge in [-0.25, -0.2) is 0 Å². The monoisotopic (exact) mass is 422 g/mol. The molecule has 0 fully saturated rings. The molecule has 0 aliphatic heterocycles. The highest BCUT2D eigenvalue weighted by Gasteiger charge is 2.17. The summed E-state index contributed by atoms with van der Waals surface area (Å²) < 4.78 is 2.34. The van der Waals surface area contributed by atoms with Crippen LogP contribution in [0.4, 0.5) is 0 Å². The summed E-state index contributed by atoms with van der Waals surface area (Å²) >= 11 is 12.7. The first kappa shape index (κ1) is 12.8. The first-order chi connectivity index (χ1) is 7.61. The summed E-state index contributed by atoms with van der Waals surface area (Å²) in [6, 6.07) is 8.42. The van der Waals surface area contributed by atoms with Crippen LogP contribution in [-0.2, 0) is 0 Å². The van der Waals surface area contributed by atoms with Crippen LogP contribution in [0, 0.1) is 6.92 Å². The van der Waals surface area contributed by atoms with E-state index in [9.17, 15) is 0 Å². The summed E-state index contributed by atoms with van der Waals surface area (Å²) in [6.45, 7) is 2.11. The van der Waals surface area contributed by atoms with Crippen LogP contribution < -0.4 is 0 Å². The van der Waals surface area contributed by atoms with E-state index in [1.165, 1.54) is 20.5 Å². The molecule has 1 atom stereocenters. The average molecular weight is 425 g/mol. The number of hydrogen-bond acceptors (Lipinski definition) is 1. The van der Waals surface area contributed by atoms with Gasteiger partial charge in [0.2, 0.25) is 0 Å². The summed E-state index contributed by atoms with van der Waals surface area (Å²) in [5.74, 6) is 0. The van der Waals surface area contributed by atoms with E-state index in [-0.39, 0.29) is 4.83 Å². The zero-order valence-electron chi connectivity index (χ0n) is 8.51. The predicted octanol–water partition coefficient (Wildman–Crippen LogP) is 6.07. The Labute approximate surface area is 124 Å². The third-order valence-electron chi connectivity index (χ3n) is 2.37. The van der Waals surface area contributed by atoms with Crippen LogP contribution in [-0.4, -0.2) is 0 Å². The molecule has 0 bridgehead atoms. The highest BCUT2D eigenvalue weighted by molar-refractivity contribution is 9.11. The number of thiophene rings is 1. The second-order valence-electron chi connectivity index (χ2n) is 3.47. The van der Waals surface area contributed by atoms with Crippen molar-refractivity contribution in [2.45, 2.75) is 11.8 Å². The standard InChI is InChI=1S/C12H9Br3S/c1-7-3-2-4-8(10(7)14)11(15)12-9(13)5-6-16-12/h2-6,11H,1H3. The second-order valence-corrected chi connectivity index (χ2v) is 6.98. The lowest BCUT2D eigenvalue weighted by Crippen LogP contribution is -1.93. The van der Waals surface area contributed by atoms with Crippen molar-refractivity contribution in [3.63, 3.8) is 0 Å². The van der Waals surface area contributed by atoms with Crippen LogP contribution >= 0.6 is 59.1 Å². The lowest BCUT2D eigenvalue weighted by Gasteiger charge is -2.13. The molecule has 2 rings (SSSR count). The van der Waals surface area contributed by atoms with Crippen molar-refractivity contribution in [1.29, 1.82) is 0 Å². The van der Waals surface area contributed by atoms with Gasteiger partial charge in [0.1, 0.15) is 0 Å². The topological polar surface area (TPSA) is 0 Å². The first-order valence-electron chi connectivity index (χ1n) is 4.73. The van der Waals surface area contributed by atoms with Gasteiger partial charge < -0.3 is 0 Å². The molecule has 0 saturated heterocycles. The van der Waals surface area contributed by atoms with E-state index in [4.69, 9.17) is 0 Å². The lowest BCUT2D eigenvalue weighted by molar-refractivity contribution is 1.18. The normalized spacial score (nSPS) is 12.8. The third-order valence-corrected chi connectivity index (χ3v) is 6.64. The molecule has 1 aromatic carbocycles. The summed E-state index contributed by atoms with van der Waals surface area (Å²) in [4.78, 5) is 1.53. The molecule has 84 valence electrons. The molecular weight excluding hydrogens is 416 g/mol. The van der Waals surface area contributed by atoms with Crippen molar-refractivity contribution in [2.24, 2.45) is 0 Å². The van der Waals surface area contributed by atoms with E-state index in [2.05, 4.69) is 84.4 Å². The largest absolute Gasteiger partial charge is 0.146 e. The molecule has 0 spiro atoms. The number of aryl methyl sites for hydroxylation is 1. The Morgan fingerprint density at radius 2 is 1.94 bits per heavy atom. The molecule has 0 N–H and O–H groups in total. The number of benzene rings is 1. The molecule has 2 aromatic rings. The van der Waals surface area contributed by atoms with E-state index >= 15 is 0 Å². The molecule has 0 saturated carbocycles. The molecule has 1 aromatic heterocycles. The van der Waals surface area contributed by atoms with Gasteiger partial charge in [-0.2, -0.15) is 0 Å². The van der Waals surface area contributed by atoms with E-state index in [0.29, 0.717) is 0 Å². The Morgan fingerprint density at radius 3 is 2.56 bits per heavy atom. The van der Waals surface area contributed by atoms with Crippen LogP contribution in [0.3, 0.4) is 0 Å². The zero-order valence-corrected chi connectivity index (χ0v) is 14.1. The van der Waals surface area contributed by atoms with E-state index in [1.807, 2.05) is 0 Å². The Morgan fingerprint density at radius 1 is 1.19 bits per heavy atom. The second kappa shape index (κ2) is 5.34. The molecule has 0 aliphatic carbocycles. The maximum Gasteiger partial charge on any atom is 0.0760 e. The fourth-order valence-electron chi connectivity index (χ4n) is 1.49. The van der Waals surface area contributed by atoms with Crippen LogP contribution in [0.2, 0.25) is 0 Å². The number of rotatable bonds is 2. The van der Waals surface area contributed by atoms with Gasteiger partial charge in [-0.1, -0.05) is 50.1 Å². The van der Waals surface area contributed by atoms with Gasteiger partial charge in [0, 0.05) is 13.8 Å². The van der Waals surface area contributed by atoms with Gasteiger partial charge in [0.25, 0.3) is 0 Å². The fourth-order valence-corrected chi connectivity index (χ4v) is 5.15. The van der Waals surface area contributed by atoms with Crippen LogP contribution in [0.15, 0.2) is 38.6 Å². The summed E-state index contributed by atoms with van der Waals surface area (Å²) in [6.07, 6.45) is 0. The fraction of sp³-hybridized carbons (Fsp3) is 0.167. The van der Waals surface area contributed by atoms with Crippen molar-refractivity contribution in [1.82, 2.24) is 0 Å². The Kier molecular flexibility index (Phi) is 4.27. The first-order valence-corrected chi connectivity index (χ1v) is 8.11. The molecule has 0 aliphatic rings. The van der Waals surface area contributed by atoms with E-state index < -0.39 is 0 Å². The van der Waals surface area contributed by atoms with Gasteiger partial charge in [-0.15, -0.1) is 11.3 Å². The molecule has 0 radical (unpaired) electrons. The van der Waals surface area contributed by atoms with Crippen molar-refractivity contribution in [3.05, 3.63) is 54.6 Å². The molecule has 4 heteroatoms. The quantitative estimate of drug-likeness (QED) is 0.513. The summed E-state index contributed by atoms with van der Waals surface area (Å²) in [5, 5.41) is 2.09. The highest BCUT2D eigenvalue weighted by Crippen LogP contribution is 2.42. The molecule has 0 nitrogen and oxygen atoms in total. The SMILES string of the molecule is Cc1cccc(C(Br)c2sccc2Br)c1Br. The minimum absolute atomic E-state index is 0.233. The van der Waals surface area contributed by atoms with Crippen molar-refractivity contribution >= 4 is 59.1 Å². The maximum absolute atomic E-state index is 3.76. The molecule has 0 amide bonds. The van der Waals surface area contributed by atoms with Crippen LogP contribution in [0.1, 0.15) is 20.8 Å². The number of halogens is 3. The minimum atomic E-state index is 0.233. The maximum atomic E-state index is 3.76. The van der Waals surface area contributed by atoms with Gasteiger partial charge in [-0.3, -0.25) is 0 Å². The summed E-state index contributed by atoms with van der Waals surface area (Å²) in [5.41, 5.74) is 2.53. The zero-order chi connectivity index (χ0) is 11.7. The minimum Gasteiger partial charge on any atom is -0.146 e. The molecular formula is C12H9Br3S. The van der Waals surface area contributed by atoms with Crippen molar-refractivity contribution < 1.29 is 0 Å². The predicted molar refractivity (Wildman–Crippen MR) is 81.7 cm³/mol. The van der Waals surface area contributed by atoms with Crippen molar-refractivity contribution in [2.75, 3.05) is 0 Å². The number of alkyl halides is 1. The average Bonchev–Trinajstić information content (AvgIpc) is 2.68. The van der Waals surface area contributed by atoms with E-state index in [1.54, 1.807) is 11.3 Å². The van der Waals surface area contributed by atoms with Crippen molar-refractivity contribution in [3.8, 4) is 0 Å². The van der Waals surface area contributed by atoms with Gasteiger partial charge in [-0.05, 0) is 45.4 Å². The van der Waals surface area contributed by atoms with Gasteiger partial charge in [0.05, 0.1) is 4.83 Å². The Balaban J connectivity index is 2.46. The van der Waals surface area contributed by atoms with Gasteiger partial charge in [0.15, 0.2) is 0 Å². The van der Waals surface area contributed by atoms with Crippen LogP contribution in [0.5, 0.6) is 0 Å². The number of hydrogen-bond donors (Lipinski definition) is 0. The lowest BCUT2D eigenvalue weighted by atomic mass is 10.1.